The molecule has 1 aliphatic heterocycles. The number of hydrogen-bond donors (Lipinski definition) is 1. The van der Waals surface area contributed by atoms with Crippen LogP contribution in [-0.4, -0.2) is 32.4 Å². The van der Waals surface area contributed by atoms with Gasteiger partial charge in [0.05, 0.1) is 0 Å². The predicted octanol–water partition coefficient (Wildman–Crippen LogP) is 1.60. The molecule has 1 saturated heterocycles. The molecule has 0 saturated carbocycles. The van der Waals surface area contributed by atoms with Crippen molar-refractivity contribution in [3.8, 4) is 0 Å². The Kier molecular flexibility index (Phi) is 5.21. The molecule has 0 aromatic rings. The van der Waals surface area contributed by atoms with E-state index in [-0.39, 0.29) is 0 Å². The third-order valence-electron chi connectivity index (χ3n) is 2.97. The van der Waals surface area contributed by atoms with Crippen LogP contribution in [-0.2, 0) is 10.2 Å². The lowest BCUT2D eigenvalue weighted by atomic mass is 10.0. The zero-order valence-electron chi connectivity index (χ0n) is 10.6. The van der Waals surface area contributed by atoms with Crippen molar-refractivity contribution in [3.63, 3.8) is 0 Å². The van der Waals surface area contributed by atoms with Crippen molar-refractivity contribution >= 4 is 10.2 Å². The van der Waals surface area contributed by atoms with Gasteiger partial charge in [0.15, 0.2) is 0 Å². The van der Waals surface area contributed by atoms with Crippen LogP contribution in [0.4, 0.5) is 0 Å². The zero-order valence-corrected chi connectivity index (χ0v) is 11.4. The Bertz CT molecular complexity index is 301. The van der Waals surface area contributed by atoms with Crippen molar-refractivity contribution in [2.24, 2.45) is 11.8 Å². The third-order valence-corrected chi connectivity index (χ3v) is 4.55. The van der Waals surface area contributed by atoms with E-state index in [1.807, 2.05) is 0 Å². The van der Waals surface area contributed by atoms with E-state index in [4.69, 9.17) is 0 Å². The van der Waals surface area contributed by atoms with Gasteiger partial charge >= 0.3 is 0 Å². The molecule has 0 aromatic carbocycles. The molecule has 5 heteroatoms. The normalized spacial score (nSPS) is 23.9. The summed E-state index contributed by atoms with van der Waals surface area (Å²) in [5, 5.41) is 0. The highest BCUT2D eigenvalue weighted by atomic mass is 32.2. The van der Waals surface area contributed by atoms with Crippen molar-refractivity contribution in [2.45, 2.75) is 40.0 Å². The van der Waals surface area contributed by atoms with Crippen LogP contribution in [0.2, 0.25) is 0 Å². The fourth-order valence-electron chi connectivity index (χ4n) is 1.93. The van der Waals surface area contributed by atoms with Gasteiger partial charge in [-0.2, -0.15) is 12.7 Å². The fraction of sp³-hybridized carbons (Fsp3) is 1.00. The first-order chi connectivity index (χ1) is 7.42. The number of rotatable bonds is 5. The van der Waals surface area contributed by atoms with Crippen LogP contribution >= 0.6 is 0 Å². The largest absolute Gasteiger partial charge is 0.279 e. The molecule has 0 aromatic heterocycles. The molecule has 0 aliphatic carbocycles. The molecule has 1 heterocycles. The number of hydrogen-bond acceptors (Lipinski definition) is 2. The molecule has 1 aliphatic rings. The smallest absolute Gasteiger partial charge is 0.202 e. The second-order valence-electron chi connectivity index (χ2n) is 5.19. The molecule has 1 rings (SSSR count). The maximum atomic E-state index is 11.9. The minimum atomic E-state index is -3.23. The van der Waals surface area contributed by atoms with Gasteiger partial charge in [0, 0.05) is 19.6 Å². The molecule has 0 amide bonds. The molecule has 16 heavy (non-hydrogen) atoms. The second-order valence-corrected chi connectivity index (χ2v) is 6.94. The van der Waals surface area contributed by atoms with Crippen molar-refractivity contribution < 1.29 is 8.42 Å². The van der Waals surface area contributed by atoms with E-state index in [0.29, 0.717) is 31.5 Å². The minimum Gasteiger partial charge on any atom is -0.202 e. The average Bonchev–Trinajstić information content (AvgIpc) is 2.16. The molecule has 0 spiro atoms. The maximum absolute atomic E-state index is 11.9. The molecular weight excluding hydrogens is 224 g/mol. The van der Waals surface area contributed by atoms with Crippen LogP contribution in [0.25, 0.3) is 0 Å². The van der Waals surface area contributed by atoms with Crippen LogP contribution in [0.1, 0.15) is 40.0 Å². The summed E-state index contributed by atoms with van der Waals surface area (Å²) < 4.78 is 28.1. The minimum absolute atomic E-state index is 0.482. The number of nitrogens with zero attached hydrogens (tertiary/aromatic N) is 1. The standard InChI is InChI=1S/C11H24N2O2S/c1-10(2)6-7-12-16(14,15)13-8-4-5-11(3)9-13/h10-12H,4-9H2,1-3H3. The topological polar surface area (TPSA) is 49.4 Å². The summed E-state index contributed by atoms with van der Waals surface area (Å²) in [5.41, 5.74) is 0. The lowest BCUT2D eigenvalue weighted by Crippen LogP contribution is -2.45. The van der Waals surface area contributed by atoms with Gasteiger partial charge in [0.25, 0.3) is 10.2 Å². The summed E-state index contributed by atoms with van der Waals surface area (Å²) in [7, 11) is -3.23. The molecule has 1 atom stereocenters. The SMILES string of the molecule is CC(C)CCNS(=O)(=O)N1CCCC(C)C1. The Morgan fingerprint density at radius 3 is 2.69 bits per heavy atom. The molecular formula is C11H24N2O2S. The first-order valence-electron chi connectivity index (χ1n) is 6.16. The van der Waals surface area contributed by atoms with Gasteiger partial charge in [-0.25, -0.2) is 4.72 Å². The van der Waals surface area contributed by atoms with E-state index in [9.17, 15) is 8.42 Å². The molecule has 1 unspecified atom stereocenters. The molecule has 1 N–H and O–H groups in total. The molecule has 4 nitrogen and oxygen atoms in total. The van der Waals surface area contributed by atoms with Gasteiger partial charge in [-0.1, -0.05) is 20.8 Å². The summed E-state index contributed by atoms with van der Waals surface area (Å²) in [5.74, 6) is 1.01. The van der Waals surface area contributed by atoms with Crippen LogP contribution in [0, 0.1) is 11.8 Å². The fourth-order valence-corrected chi connectivity index (χ4v) is 3.31. The Labute approximate surface area is 99.6 Å². The number of nitrogens with one attached hydrogen (secondary N) is 1. The van der Waals surface area contributed by atoms with Crippen LogP contribution < -0.4 is 4.72 Å². The highest BCUT2D eigenvalue weighted by Crippen LogP contribution is 2.17. The molecule has 0 bridgehead atoms. The van der Waals surface area contributed by atoms with Crippen LogP contribution in [0.5, 0.6) is 0 Å². The maximum Gasteiger partial charge on any atom is 0.279 e. The zero-order chi connectivity index (χ0) is 12.2. The van der Waals surface area contributed by atoms with Gasteiger partial charge in [-0.3, -0.25) is 0 Å². The Balaban J connectivity index is 2.43. The Morgan fingerprint density at radius 1 is 1.44 bits per heavy atom. The number of piperidine rings is 1. The Hall–Kier alpha value is -0.130. The van der Waals surface area contributed by atoms with E-state index in [1.54, 1.807) is 4.31 Å². The van der Waals surface area contributed by atoms with Crippen LogP contribution in [0.3, 0.4) is 0 Å². The molecule has 96 valence electrons. The highest BCUT2D eigenvalue weighted by molar-refractivity contribution is 7.87. The Morgan fingerprint density at radius 2 is 2.12 bits per heavy atom. The predicted molar refractivity (Wildman–Crippen MR) is 66.3 cm³/mol. The quantitative estimate of drug-likeness (QED) is 0.803. The first-order valence-corrected chi connectivity index (χ1v) is 7.60. The lowest BCUT2D eigenvalue weighted by Gasteiger charge is -2.30. The second kappa shape index (κ2) is 5.98. The lowest BCUT2D eigenvalue weighted by molar-refractivity contribution is 0.278. The average molecular weight is 248 g/mol. The van der Waals surface area contributed by atoms with Crippen molar-refractivity contribution in [1.29, 1.82) is 0 Å². The summed E-state index contributed by atoms with van der Waals surface area (Å²) in [6.45, 7) is 8.17. The highest BCUT2D eigenvalue weighted by Gasteiger charge is 2.26. The van der Waals surface area contributed by atoms with Gasteiger partial charge in [-0.15, -0.1) is 0 Å². The van der Waals surface area contributed by atoms with Crippen molar-refractivity contribution in [2.75, 3.05) is 19.6 Å². The summed E-state index contributed by atoms with van der Waals surface area (Å²) >= 11 is 0. The van der Waals surface area contributed by atoms with Crippen LogP contribution in [0.15, 0.2) is 0 Å². The molecule has 0 radical (unpaired) electrons. The first kappa shape index (κ1) is 13.9. The van der Waals surface area contributed by atoms with Gasteiger partial charge in [0.1, 0.15) is 0 Å². The summed E-state index contributed by atoms with van der Waals surface area (Å²) in [4.78, 5) is 0. The van der Waals surface area contributed by atoms with E-state index in [0.717, 1.165) is 19.3 Å². The van der Waals surface area contributed by atoms with Gasteiger partial charge in [0.2, 0.25) is 0 Å². The van der Waals surface area contributed by atoms with Gasteiger partial charge in [-0.05, 0) is 31.1 Å². The van der Waals surface area contributed by atoms with E-state index in [2.05, 4.69) is 25.5 Å². The van der Waals surface area contributed by atoms with Crippen molar-refractivity contribution in [3.05, 3.63) is 0 Å². The third kappa shape index (κ3) is 4.39. The van der Waals surface area contributed by atoms with Crippen molar-refractivity contribution in [1.82, 2.24) is 9.03 Å². The monoisotopic (exact) mass is 248 g/mol. The summed E-state index contributed by atoms with van der Waals surface area (Å²) in [6.07, 6.45) is 3.01. The van der Waals surface area contributed by atoms with Gasteiger partial charge < -0.3 is 0 Å². The van der Waals surface area contributed by atoms with E-state index < -0.39 is 10.2 Å². The summed E-state index contributed by atoms with van der Waals surface area (Å²) in [6, 6.07) is 0. The van der Waals surface area contributed by atoms with E-state index >= 15 is 0 Å². The molecule has 1 fully saturated rings. The van der Waals surface area contributed by atoms with E-state index in [1.165, 1.54) is 0 Å².